The van der Waals surface area contributed by atoms with Crippen LogP contribution in [-0.2, 0) is 25.8 Å². The average Bonchev–Trinajstić information content (AvgIpc) is 3.18. The molecule has 0 aliphatic rings. The summed E-state index contributed by atoms with van der Waals surface area (Å²) in [7, 11) is 0. The second-order valence-corrected chi connectivity index (χ2v) is 8.53. The summed E-state index contributed by atoms with van der Waals surface area (Å²) in [5, 5.41) is 2.76. The molecular formula is C25H28F3N3O2. The number of oxazole rings is 1. The Morgan fingerprint density at radius 2 is 1.85 bits per heavy atom. The van der Waals surface area contributed by atoms with E-state index in [1.54, 1.807) is 6.07 Å². The van der Waals surface area contributed by atoms with E-state index in [0.717, 1.165) is 28.8 Å². The molecule has 0 spiro atoms. The Morgan fingerprint density at radius 3 is 2.55 bits per heavy atom. The van der Waals surface area contributed by atoms with E-state index in [0.29, 0.717) is 18.0 Å². The van der Waals surface area contributed by atoms with Crippen molar-refractivity contribution in [2.75, 3.05) is 0 Å². The lowest BCUT2D eigenvalue weighted by Crippen LogP contribution is -2.30. The molecule has 176 valence electrons. The number of aryl methyl sites for hydroxylation is 2. The third kappa shape index (κ3) is 6.92. The highest BCUT2D eigenvalue weighted by atomic mass is 19.4. The number of carbonyl (C=O) groups is 1. The van der Waals surface area contributed by atoms with E-state index in [-0.39, 0.29) is 30.7 Å². The van der Waals surface area contributed by atoms with E-state index in [9.17, 15) is 18.0 Å². The molecule has 1 heterocycles. The molecule has 8 heteroatoms. The van der Waals surface area contributed by atoms with Crippen molar-refractivity contribution < 1.29 is 22.4 Å². The molecule has 0 fully saturated rings. The second kappa shape index (κ2) is 10.2. The number of alkyl halides is 3. The van der Waals surface area contributed by atoms with Gasteiger partial charge in [-0.25, -0.2) is 4.98 Å². The summed E-state index contributed by atoms with van der Waals surface area (Å²) in [6.07, 6.45) is -3.11. The van der Waals surface area contributed by atoms with E-state index in [2.05, 4.69) is 16.4 Å². The van der Waals surface area contributed by atoms with E-state index in [1.165, 1.54) is 12.3 Å². The molecule has 3 rings (SSSR count). The summed E-state index contributed by atoms with van der Waals surface area (Å²) >= 11 is 0. The number of hydrogen-bond acceptors (Lipinski definition) is 4. The Labute approximate surface area is 191 Å². The van der Waals surface area contributed by atoms with Crippen LogP contribution in [0.3, 0.4) is 0 Å². The fourth-order valence-corrected chi connectivity index (χ4v) is 3.50. The van der Waals surface area contributed by atoms with Crippen LogP contribution in [0.5, 0.6) is 0 Å². The first-order valence-corrected chi connectivity index (χ1v) is 10.7. The molecule has 0 bridgehead atoms. The highest BCUT2D eigenvalue weighted by Gasteiger charge is 2.30. The van der Waals surface area contributed by atoms with Gasteiger partial charge in [-0.3, -0.25) is 9.69 Å². The van der Waals surface area contributed by atoms with Gasteiger partial charge in [0.25, 0.3) is 5.91 Å². The molecular weight excluding hydrogens is 431 g/mol. The summed E-state index contributed by atoms with van der Waals surface area (Å²) in [6, 6.07) is 11.4. The number of nitrogens with one attached hydrogen (secondary N) is 1. The molecule has 1 aromatic heterocycles. The number of halogens is 3. The fraction of sp³-hybridized carbons (Fsp3) is 0.360. The van der Waals surface area contributed by atoms with Crippen molar-refractivity contribution in [1.29, 1.82) is 0 Å². The minimum Gasteiger partial charge on any atom is -0.447 e. The van der Waals surface area contributed by atoms with Gasteiger partial charge in [0.15, 0.2) is 5.69 Å². The van der Waals surface area contributed by atoms with Crippen LogP contribution < -0.4 is 5.32 Å². The summed E-state index contributed by atoms with van der Waals surface area (Å²) in [5.74, 6) is -0.0138. The predicted octanol–water partition coefficient (Wildman–Crippen LogP) is 5.65. The third-order valence-electron chi connectivity index (χ3n) is 5.12. The Kier molecular flexibility index (Phi) is 7.58. The SMILES string of the molecule is Cc1ccc(C)c(CN(Cc2cccc(C(F)(F)F)c2)Cc2nc(C(=O)NC(C)C)co2)c1. The average molecular weight is 460 g/mol. The molecule has 0 aliphatic heterocycles. The quantitative estimate of drug-likeness (QED) is 0.473. The zero-order valence-corrected chi connectivity index (χ0v) is 19.2. The van der Waals surface area contributed by atoms with E-state index >= 15 is 0 Å². The minimum absolute atomic E-state index is 0.0423. The van der Waals surface area contributed by atoms with Crippen LogP contribution in [0.4, 0.5) is 13.2 Å². The van der Waals surface area contributed by atoms with Crippen LogP contribution in [0.25, 0.3) is 0 Å². The predicted molar refractivity (Wildman–Crippen MR) is 119 cm³/mol. The summed E-state index contributed by atoms with van der Waals surface area (Å²) in [6.45, 7) is 8.66. The summed E-state index contributed by atoms with van der Waals surface area (Å²) < 4.78 is 45.1. The van der Waals surface area contributed by atoms with Gasteiger partial charge in [0.1, 0.15) is 6.26 Å². The second-order valence-electron chi connectivity index (χ2n) is 8.53. The molecule has 0 saturated carbocycles. The van der Waals surface area contributed by atoms with Gasteiger partial charge in [0.05, 0.1) is 12.1 Å². The lowest BCUT2D eigenvalue weighted by Gasteiger charge is -2.23. The lowest BCUT2D eigenvalue weighted by molar-refractivity contribution is -0.137. The van der Waals surface area contributed by atoms with Crippen molar-refractivity contribution in [1.82, 2.24) is 15.2 Å². The number of nitrogens with zero attached hydrogens (tertiary/aromatic N) is 2. The van der Waals surface area contributed by atoms with E-state index < -0.39 is 11.7 Å². The van der Waals surface area contributed by atoms with Gasteiger partial charge in [-0.15, -0.1) is 0 Å². The zero-order valence-electron chi connectivity index (χ0n) is 19.2. The molecule has 0 saturated heterocycles. The first-order chi connectivity index (χ1) is 15.5. The zero-order chi connectivity index (χ0) is 24.2. The van der Waals surface area contributed by atoms with Gasteiger partial charge in [-0.1, -0.05) is 42.0 Å². The van der Waals surface area contributed by atoms with Gasteiger partial charge in [0.2, 0.25) is 5.89 Å². The topological polar surface area (TPSA) is 58.4 Å². The maximum Gasteiger partial charge on any atom is 0.416 e. The van der Waals surface area contributed by atoms with Crippen LogP contribution >= 0.6 is 0 Å². The maximum absolute atomic E-state index is 13.2. The Balaban J connectivity index is 1.85. The summed E-state index contributed by atoms with van der Waals surface area (Å²) in [5.41, 5.74) is 3.25. The van der Waals surface area contributed by atoms with Crippen molar-refractivity contribution in [2.45, 2.75) is 59.5 Å². The van der Waals surface area contributed by atoms with Crippen molar-refractivity contribution in [2.24, 2.45) is 0 Å². The molecule has 1 N–H and O–H groups in total. The third-order valence-corrected chi connectivity index (χ3v) is 5.12. The van der Waals surface area contributed by atoms with Gasteiger partial charge in [0, 0.05) is 19.1 Å². The molecule has 1 amide bonds. The first-order valence-electron chi connectivity index (χ1n) is 10.7. The molecule has 0 atom stereocenters. The minimum atomic E-state index is -4.41. The van der Waals surface area contributed by atoms with Crippen molar-refractivity contribution >= 4 is 5.91 Å². The number of hydrogen-bond donors (Lipinski definition) is 1. The lowest BCUT2D eigenvalue weighted by atomic mass is 10.0. The maximum atomic E-state index is 13.2. The van der Waals surface area contributed by atoms with Gasteiger partial charge in [-0.2, -0.15) is 13.2 Å². The van der Waals surface area contributed by atoms with Crippen LogP contribution in [0.2, 0.25) is 0 Å². The van der Waals surface area contributed by atoms with Crippen LogP contribution in [0.15, 0.2) is 53.1 Å². The Morgan fingerprint density at radius 1 is 1.09 bits per heavy atom. The molecule has 3 aromatic rings. The van der Waals surface area contributed by atoms with Gasteiger partial charge >= 0.3 is 6.18 Å². The smallest absolute Gasteiger partial charge is 0.416 e. The number of benzene rings is 2. The van der Waals surface area contributed by atoms with Crippen molar-refractivity contribution in [3.05, 3.63) is 88.1 Å². The van der Waals surface area contributed by atoms with Gasteiger partial charge in [-0.05, 0) is 50.5 Å². The van der Waals surface area contributed by atoms with Gasteiger partial charge < -0.3 is 9.73 Å². The standard InChI is InChI=1S/C25H28F3N3O2/c1-16(2)29-24(32)22-15-33-23(30-22)14-31(13-20-10-17(3)8-9-18(20)4)12-19-6-5-7-21(11-19)25(26,27)28/h5-11,15-16H,12-14H2,1-4H3,(H,29,32). The molecule has 33 heavy (non-hydrogen) atoms. The molecule has 5 nitrogen and oxygen atoms in total. The van der Waals surface area contributed by atoms with Crippen molar-refractivity contribution in [3.8, 4) is 0 Å². The van der Waals surface area contributed by atoms with Crippen LogP contribution in [-0.4, -0.2) is 21.8 Å². The Hall–Kier alpha value is -3.13. The normalized spacial score (nSPS) is 11.9. The number of rotatable bonds is 8. The van der Waals surface area contributed by atoms with E-state index in [1.807, 2.05) is 44.7 Å². The molecule has 0 radical (unpaired) electrons. The first kappa shape index (κ1) is 24.5. The fourth-order valence-electron chi connectivity index (χ4n) is 3.50. The van der Waals surface area contributed by atoms with Crippen molar-refractivity contribution in [3.63, 3.8) is 0 Å². The largest absolute Gasteiger partial charge is 0.447 e. The molecule has 0 unspecified atom stereocenters. The number of aromatic nitrogens is 1. The summed E-state index contributed by atoms with van der Waals surface area (Å²) in [4.78, 5) is 18.4. The highest BCUT2D eigenvalue weighted by molar-refractivity contribution is 5.92. The van der Waals surface area contributed by atoms with E-state index in [4.69, 9.17) is 4.42 Å². The van der Waals surface area contributed by atoms with Crippen LogP contribution in [0, 0.1) is 13.8 Å². The number of amides is 1. The molecule has 0 aliphatic carbocycles. The molecule has 2 aromatic carbocycles. The number of carbonyl (C=O) groups excluding carboxylic acids is 1. The monoisotopic (exact) mass is 459 g/mol. The highest BCUT2D eigenvalue weighted by Crippen LogP contribution is 2.30. The Bertz CT molecular complexity index is 1110. The van der Waals surface area contributed by atoms with Crippen LogP contribution in [0.1, 0.15) is 58.0 Å².